The number of rotatable bonds is 15. The highest BCUT2D eigenvalue weighted by molar-refractivity contribution is 5.87. The van der Waals surface area contributed by atoms with E-state index in [1.807, 2.05) is 6.92 Å². The van der Waals surface area contributed by atoms with Crippen LogP contribution in [-0.4, -0.2) is 79.6 Å². The maximum Gasteiger partial charge on any atom is 0.303 e. The van der Waals surface area contributed by atoms with E-state index in [1.54, 1.807) is 13.0 Å². The molecule has 0 saturated carbocycles. The fourth-order valence-electron chi connectivity index (χ4n) is 5.83. The first-order chi connectivity index (χ1) is 20.5. The van der Waals surface area contributed by atoms with E-state index in [2.05, 4.69) is 42.7 Å². The first kappa shape index (κ1) is 35.0. The number of nitrogens with two attached hydrogens (primary N) is 1. The number of nitrogens with one attached hydrogen (secondary N) is 2. The Labute approximate surface area is 257 Å². The highest BCUT2D eigenvalue weighted by Gasteiger charge is 2.51. The number of carbonyl (C=O) groups is 3. The highest BCUT2D eigenvalue weighted by atomic mass is 16.6. The van der Waals surface area contributed by atoms with Crippen molar-refractivity contribution in [3.8, 4) is 0 Å². The molecular weight excluding hydrogens is 550 g/mol. The summed E-state index contributed by atoms with van der Waals surface area (Å²) in [4.78, 5) is 35.9. The molecule has 242 valence electrons. The topological polar surface area (TPSA) is 142 Å². The summed E-state index contributed by atoms with van der Waals surface area (Å²) in [5.74, 6) is -0.321. The number of carbonyl (C=O) groups excluding carboxylic acids is 3. The molecular formula is C33H53N3O7. The first-order valence-corrected chi connectivity index (χ1v) is 15.9. The fourth-order valence-corrected chi connectivity index (χ4v) is 5.83. The second kappa shape index (κ2) is 17.1. The Morgan fingerprint density at radius 3 is 2.56 bits per heavy atom. The first-order valence-electron chi connectivity index (χ1n) is 15.9. The molecule has 8 atom stereocenters. The van der Waals surface area contributed by atoms with Gasteiger partial charge in [0.1, 0.15) is 6.10 Å². The lowest BCUT2D eigenvalue weighted by Gasteiger charge is -2.39. The van der Waals surface area contributed by atoms with E-state index in [4.69, 9.17) is 24.7 Å². The molecule has 1 spiro atoms. The summed E-state index contributed by atoms with van der Waals surface area (Å²) in [6.45, 7) is 11.3. The summed E-state index contributed by atoms with van der Waals surface area (Å²) in [5, 5.41) is 6.03. The van der Waals surface area contributed by atoms with E-state index in [-0.39, 0.29) is 59.8 Å². The number of amides is 2. The fraction of sp³-hybridized carbons (Fsp3) is 0.727. The van der Waals surface area contributed by atoms with Crippen molar-refractivity contribution in [1.29, 1.82) is 0 Å². The third kappa shape index (κ3) is 12.5. The zero-order valence-electron chi connectivity index (χ0n) is 26.6. The molecule has 2 amide bonds. The minimum absolute atomic E-state index is 0.0252. The Bertz CT molecular complexity index is 1020. The number of ether oxygens (including phenoxy) is 4. The van der Waals surface area contributed by atoms with Crippen LogP contribution in [-0.2, 0) is 33.3 Å². The lowest BCUT2D eigenvalue weighted by atomic mass is 9.88. The van der Waals surface area contributed by atoms with Crippen LogP contribution in [0, 0.1) is 5.92 Å². The summed E-state index contributed by atoms with van der Waals surface area (Å²) in [6, 6.07) is -0.0935. The molecule has 10 nitrogen and oxygen atoms in total. The van der Waals surface area contributed by atoms with Crippen LogP contribution in [0.5, 0.6) is 0 Å². The van der Waals surface area contributed by atoms with Gasteiger partial charge in [0.2, 0.25) is 11.8 Å². The van der Waals surface area contributed by atoms with E-state index >= 15 is 0 Å². The van der Waals surface area contributed by atoms with E-state index in [1.165, 1.54) is 13.0 Å². The maximum atomic E-state index is 12.5. The monoisotopic (exact) mass is 603 g/mol. The van der Waals surface area contributed by atoms with Gasteiger partial charge < -0.3 is 35.3 Å². The molecule has 3 aliphatic rings. The van der Waals surface area contributed by atoms with Crippen molar-refractivity contribution in [2.75, 3.05) is 19.7 Å². The zero-order valence-corrected chi connectivity index (χ0v) is 26.6. The molecule has 3 saturated heterocycles. The van der Waals surface area contributed by atoms with Gasteiger partial charge in [-0.05, 0) is 65.0 Å². The number of hydrogen-bond acceptors (Lipinski definition) is 8. The second-order valence-corrected chi connectivity index (χ2v) is 12.5. The van der Waals surface area contributed by atoms with Crippen LogP contribution >= 0.6 is 0 Å². The predicted molar refractivity (Wildman–Crippen MR) is 165 cm³/mol. The normalized spacial score (nSPS) is 31.7. The number of allylic oxidation sites excluding steroid dienone is 2. The van der Waals surface area contributed by atoms with Gasteiger partial charge in [0, 0.05) is 32.4 Å². The molecule has 3 aliphatic heterocycles. The Kier molecular flexibility index (Phi) is 13.9. The van der Waals surface area contributed by atoms with Gasteiger partial charge >= 0.3 is 5.97 Å². The van der Waals surface area contributed by atoms with E-state index in [0.29, 0.717) is 19.5 Å². The highest BCUT2D eigenvalue weighted by Crippen LogP contribution is 2.43. The van der Waals surface area contributed by atoms with Crippen LogP contribution < -0.4 is 16.4 Å². The van der Waals surface area contributed by atoms with Gasteiger partial charge in [-0.15, -0.1) is 0 Å². The predicted octanol–water partition coefficient (Wildman–Crippen LogP) is 3.64. The lowest BCUT2D eigenvalue weighted by molar-refractivity contribution is -0.143. The van der Waals surface area contributed by atoms with Crippen molar-refractivity contribution in [1.82, 2.24) is 10.6 Å². The molecule has 3 rings (SSSR count). The quantitative estimate of drug-likeness (QED) is 0.0847. The summed E-state index contributed by atoms with van der Waals surface area (Å²) < 4.78 is 23.4. The van der Waals surface area contributed by atoms with Crippen LogP contribution in [0.25, 0.3) is 0 Å². The molecule has 4 N–H and O–H groups in total. The molecule has 0 aromatic heterocycles. The van der Waals surface area contributed by atoms with Crippen LogP contribution in [0.1, 0.15) is 86.0 Å². The molecule has 0 radical (unpaired) electrons. The number of epoxide rings is 1. The van der Waals surface area contributed by atoms with Crippen LogP contribution in [0.15, 0.2) is 36.0 Å². The minimum atomic E-state index is -0.460. The Hall–Kier alpha value is -2.53. The van der Waals surface area contributed by atoms with E-state index in [0.717, 1.165) is 57.1 Å². The van der Waals surface area contributed by atoms with E-state index in [9.17, 15) is 14.4 Å². The molecule has 0 aromatic rings. The van der Waals surface area contributed by atoms with Gasteiger partial charge in [-0.2, -0.15) is 0 Å². The minimum Gasteiger partial charge on any atom is -0.459 e. The van der Waals surface area contributed by atoms with Gasteiger partial charge in [-0.3, -0.25) is 14.4 Å². The van der Waals surface area contributed by atoms with Gasteiger partial charge in [-0.1, -0.05) is 37.1 Å². The maximum absolute atomic E-state index is 12.5. The Balaban J connectivity index is 1.43. The second-order valence-electron chi connectivity index (χ2n) is 12.5. The van der Waals surface area contributed by atoms with Crippen LogP contribution in [0.4, 0.5) is 0 Å². The molecule has 0 aliphatic carbocycles. The molecule has 0 bridgehead atoms. The van der Waals surface area contributed by atoms with Crippen molar-refractivity contribution in [3.63, 3.8) is 0 Å². The van der Waals surface area contributed by atoms with Crippen LogP contribution in [0.2, 0.25) is 0 Å². The third-order valence-corrected chi connectivity index (χ3v) is 8.37. The van der Waals surface area contributed by atoms with Crippen molar-refractivity contribution >= 4 is 17.8 Å². The van der Waals surface area contributed by atoms with Gasteiger partial charge in [0.05, 0.1) is 49.1 Å². The van der Waals surface area contributed by atoms with Gasteiger partial charge in [0.25, 0.3) is 0 Å². The SMILES string of the molecule is CC(=O)O[C@@H](C)/C=C\C(=O)N[C@@H]1C[C@H](C)[C@H](C/C=C(C)/C=C/[C@@H]2C[C@]3(CO3)C[C@@H](CC(=O)NCCCCCN)O2)O[C@@H]1C. The van der Waals surface area contributed by atoms with Gasteiger partial charge in [-0.25, -0.2) is 0 Å². The smallest absolute Gasteiger partial charge is 0.303 e. The number of esters is 1. The molecule has 43 heavy (non-hydrogen) atoms. The summed E-state index contributed by atoms with van der Waals surface area (Å²) in [5.41, 5.74) is 6.50. The van der Waals surface area contributed by atoms with Crippen LogP contribution in [0.3, 0.4) is 0 Å². The molecule has 3 heterocycles. The van der Waals surface area contributed by atoms with Crippen molar-refractivity contribution in [2.45, 2.75) is 128 Å². The molecule has 0 unspecified atom stereocenters. The van der Waals surface area contributed by atoms with Crippen molar-refractivity contribution in [3.05, 3.63) is 36.0 Å². The summed E-state index contributed by atoms with van der Waals surface area (Å²) >= 11 is 0. The molecule has 0 aromatic carbocycles. The van der Waals surface area contributed by atoms with Gasteiger partial charge in [0.15, 0.2) is 0 Å². The Morgan fingerprint density at radius 2 is 1.86 bits per heavy atom. The summed E-state index contributed by atoms with van der Waals surface area (Å²) in [7, 11) is 0. The summed E-state index contributed by atoms with van der Waals surface area (Å²) in [6.07, 6.45) is 15.0. The number of unbranched alkanes of at least 4 members (excludes halogenated alkanes) is 2. The van der Waals surface area contributed by atoms with E-state index < -0.39 is 6.10 Å². The number of hydrogen-bond donors (Lipinski definition) is 3. The average Bonchev–Trinajstić information content (AvgIpc) is 3.68. The lowest BCUT2D eigenvalue weighted by Crippen LogP contribution is -2.50. The third-order valence-electron chi connectivity index (χ3n) is 8.37. The van der Waals surface area contributed by atoms with Crippen molar-refractivity contribution < 1.29 is 33.3 Å². The molecule has 3 fully saturated rings. The average molecular weight is 604 g/mol. The largest absolute Gasteiger partial charge is 0.459 e. The Morgan fingerprint density at radius 1 is 1.09 bits per heavy atom. The molecule has 10 heteroatoms. The zero-order chi connectivity index (χ0) is 31.4. The van der Waals surface area contributed by atoms with Crippen molar-refractivity contribution in [2.24, 2.45) is 11.7 Å². The standard InChI is InChI=1S/C33H53N3O7/c1-22(9-12-27-19-33(21-40-33)20-28(43-27)18-32(39)35-16-8-6-7-15-34)10-13-30-23(2)17-29(25(4)42-30)36-31(38)14-11-24(3)41-26(5)37/h9-12,14,23-25,27-30H,6-8,13,15-21,34H2,1-5H3,(H,35,39)(H,36,38)/b12-9+,14-11-,22-10+/t23-,24-,25+,27+,28+,29+,30-,33+/m0/s1.